The first-order valence-corrected chi connectivity index (χ1v) is 7.93. The lowest BCUT2D eigenvalue weighted by Crippen LogP contribution is -2.70. The van der Waals surface area contributed by atoms with Crippen molar-refractivity contribution in [1.82, 2.24) is 10.6 Å². The molecule has 126 valence electrons. The van der Waals surface area contributed by atoms with Crippen molar-refractivity contribution in [1.29, 1.82) is 0 Å². The summed E-state index contributed by atoms with van der Waals surface area (Å²) in [6.07, 6.45) is 0.0853. The highest BCUT2D eigenvalue weighted by atomic mass is 32.1. The van der Waals surface area contributed by atoms with Gasteiger partial charge in [-0.05, 0) is 37.7 Å². The number of nitro groups is 1. The Morgan fingerprint density at radius 3 is 2.54 bits per heavy atom. The van der Waals surface area contributed by atoms with Gasteiger partial charge in [0.05, 0.1) is 4.92 Å². The third kappa shape index (κ3) is 2.15. The Morgan fingerprint density at radius 1 is 1.38 bits per heavy atom. The lowest BCUT2D eigenvalue weighted by Gasteiger charge is -2.49. The van der Waals surface area contributed by atoms with Gasteiger partial charge < -0.3 is 15.5 Å². The molecule has 1 unspecified atom stereocenters. The number of benzene rings is 1. The van der Waals surface area contributed by atoms with Gasteiger partial charge in [-0.25, -0.2) is 0 Å². The van der Waals surface area contributed by atoms with E-state index in [0.29, 0.717) is 12.1 Å². The van der Waals surface area contributed by atoms with Gasteiger partial charge in [-0.2, -0.15) is 0 Å². The minimum Gasteiger partial charge on any atom is -0.367 e. The molecule has 0 saturated carbocycles. The van der Waals surface area contributed by atoms with Gasteiger partial charge in [0, 0.05) is 36.8 Å². The van der Waals surface area contributed by atoms with Crippen LogP contribution in [-0.2, 0) is 16.0 Å². The molecule has 9 heteroatoms. The molecule has 3 rings (SSSR count). The van der Waals surface area contributed by atoms with E-state index in [1.165, 1.54) is 12.1 Å². The van der Waals surface area contributed by atoms with E-state index < -0.39 is 28.2 Å². The number of nitro benzene ring substituents is 1. The van der Waals surface area contributed by atoms with Crippen molar-refractivity contribution in [3.05, 3.63) is 33.9 Å². The molecule has 1 saturated heterocycles. The molecule has 2 N–H and O–H groups in total. The summed E-state index contributed by atoms with van der Waals surface area (Å²) >= 11 is 4.87. The normalized spacial score (nSPS) is 22.0. The van der Waals surface area contributed by atoms with E-state index >= 15 is 0 Å². The van der Waals surface area contributed by atoms with Crippen LogP contribution >= 0.6 is 12.2 Å². The summed E-state index contributed by atoms with van der Waals surface area (Å²) < 4.78 is 0. The molecule has 2 aliphatic heterocycles. The zero-order valence-corrected chi connectivity index (χ0v) is 14.0. The maximum Gasteiger partial charge on any atom is 0.269 e. The molecule has 0 aliphatic carbocycles. The van der Waals surface area contributed by atoms with Gasteiger partial charge in [0.25, 0.3) is 5.69 Å². The number of hydrogen-bond donors (Lipinski definition) is 2. The molecular weight excluding hydrogens is 332 g/mol. The van der Waals surface area contributed by atoms with Gasteiger partial charge in [-0.3, -0.25) is 19.7 Å². The SMILES string of the molecule is CCN1c2ccc([N+](=O)[O-])cc2CC2(C(=O)NC(=S)NC2=O)C1C. The number of rotatable bonds is 2. The van der Waals surface area contributed by atoms with Crippen molar-refractivity contribution in [2.45, 2.75) is 26.3 Å². The maximum atomic E-state index is 12.7. The van der Waals surface area contributed by atoms with E-state index in [-0.39, 0.29) is 17.2 Å². The topological polar surface area (TPSA) is 105 Å². The van der Waals surface area contributed by atoms with E-state index in [9.17, 15) is 19.7 Å². The number of nitrogens with one attached hydrogen (secondary N) is 2. The minimum atomic E-state index is -1.37. The van der Waals surface area contributed by atoms with E-state index in [4.69, 9.17) is 12.2 Å². The van der Waals surface area contributed by atoms with Crippen molar-refractivity contribution >= 4 is 40.5 Å². The molecule has 2 aliphatic rings. The van der Waals surface area contributed by atoms with Crippen LogP contribution in [0.3, 0.4) is 0 Å². The Labute approximate surface area is 143 Å². The van der Waals surface area contributed by atoms with Crippen molar-refractivity contribution in [2.24, 2.45) is 5.41 Å². The predicted octanol–water partition coefficient (Wildman–Crippen LogP) is 0.883. The highest BCUT2D eigenvalue weighted by Crippen LogP contribution is 2.43. The van der Waals surface area contributed by atoms with Crippen LogP contribution in [0.4, 0.5) is 11.4 Å². The Morgan fingerprint density at radius 2 is 2.00 bits per heavy atom. The van der Waals surface area contributed by atoms with Crippen molar-refractivity contribution in [3.63, 3.8) is 0 Å². The van der Waals surface area contributed by atoms with Gasteiger partial charge in [-0.1, -0.05) is 0 Å². The second kappa shape index (κ2) is 5.52. The number of anilines is 1. The van der Waals surface area contributed by atoms with E-state index in [2.05, 4.69) is 10.6 Å². The number of thiocarbonyl (C=S) groups is 1. The van der Waals surface area contributed by atoms with Gasteiger partial charge >= 0.3 is 0 Å². The zero-order chi connectivity index (χ0) is 17.6. The summed E-state index contributed by atoms with van der Waals surface area (Å²) in [7, 11) is 0. The Bertz CT molecular complexity index is 759. The fourth-order valence-corrected chi connectivity index (χ4v) is 3.76. The second-order valence-corrected chi connectivity index (χ2v) is 6.33. The standard InChI is InChI=1S/C15H16N4O4S/c1-3-18-8(2)15(12(20)16-14(24)17-13(15)21)7-9-6-10(19(22)23)4-5-11(9)18/h4-6,8H,3,7H2,1-2H3,(H2,16,17,20,21,24). The summed E-state index contributed by atoms with van der Waals surface area (Å²) in [6.45, 7) is 4.27. The lowest BCUT2D eigenvalue weighted by atomic mass is 9.69. The molecule has 0 radical (unpaired) electrons. The summed E-state index contributed by atoms with van der Waals surface area (Å²) in [5.74, 6) is -0.946. The number of hydrogen-bond acceptors (Lipinski definition) is 6. The van der Waals surface area contributed by atoms with Crippen LogP contribution < -0.4 is 15.5 Å². The lowest BCUT2D eigenvalue weighted by molar-refractivity contribution is -0.384. The molecule has 24 heavy (non-hydrogen) atoms. The summed E-state index contributed by atoms with van der Waals surface area (Å²) in [5, 5.41) is 16.1. The third-order valence-electron chi connectivity index (χ3n) is 4.84. The van der Waals surface area contributed by atoms with Gasteiger partial charge in [0.2, 0.25) is 11.8 Å². The molecule has 0 bridgehead atoms. The van der Waals surface area contributed by atoms with E-state index in [0.717, 1.165) is 5.69 Å². The fourth-order valence-electron chi connectivity index (χ4n) is 3.58. The number of nitrogens with zero attached hydrogens (tertiary/aromatic N) is 2. The quantitative estimate of drug-likeness (QED) is 0.356. The maximum absolute atomic E-state index is 12.7. The molecule has 8 nitrogen and oxygen atoms in total. The van der Waals surface area contributed by atoms with E-state index in [1.807, 2.05) is 11.8 Å². The van der Waals surface area contributed by atoms with E-state index in [1.54, 1.807) is 13.0 Å². The van der Waals surface area contributed by atoms with Crippen LogP contribution in [0, 0.1) is 15.5 Å². The number of fused-ring (bicyclic) bond motifs is 1. The van der Waals surface area contributed by atoms with Gasteiger partial charge in [0.15, 0.2) is 10.5 Å². The first-order valence-electron chi connectivity index (χ1n) is 7.52. The molecule has 1 aromatic carbocycles. The van der Waals surface area contributed by atoms with Crippen molar-refractivity contribution in [2.75, 3.05) is 11.4 Å². The van der Waals surface area contributed by atoms with Crippen LogP contribution in [0.25, 0.3) is 0 Å². The van der Waals surface area contributed by atoms with Crippen LogP contribution in [0.1, 0.15) is 19.4 Å². The first kappa shape index (κ1) is 16.3. The minimum absolute atomic E-state index is 0.0179. The van der Waals surface area contributed by atoms with Gasteiger partial charge in [-0.15, -0.1) is 0 Å². The highest BCUT2D eigenvalue weighted by molar-refractivity contribution is 7.80. The highest BCUT2D eigenvalue weighted by Gasteiger charge is 2.57. The second-order valence-electron chi connectivity index (χ2n) is 5.92. The van der Waals surface area contributed by atoms with Crippen molar-refractivity contribution < 1.29 is 14.5 Å². The number of amides is 2. The predicted molar refractivity (Wildman–Crippen MR) is 90.6 cm³/mol. The van der Waals surface area contributed by atoms with Crippen LogP contribution in [0.5, 0.6) is 0 Å². The Hall–Kier alpha value is -2.55. The summed E-state index contributed by atoms with van der Waals surface area (Å²) in [6, 6.07) is 4.12. The molecule has 2 heterocycles. The Kier molecular flexibility index (Phi) is 3.75. The molecule has 2 amide bonds. The number of carbonyl (C=O) groups is 2. The van der Waals surface area contributed by atoms with Crippen LogP contribution in [-0.4, -0.2) is 34.4 Å². The molecule has 1 fully saturated rings. The largest absolute Gasteiger partial charge is 0.367 e. The Balaban J connectivity index is 2.16. The summed E-state index contributed by atoms with van der Waals surface area (Å²) in [5.41, 5.74) is -0.0422. The average molecular weight is 348 g/mol. The molecule has 1 aromatic rings. The average Bonchev–Trinajstić information content (AvgIpc) is 2.52. The first-order chi connectivity index (χ1) is 11.3. The number of carbonyl (C=O) groups excluding carboxylic acids is 2. The monoisotopic (exact) mass is 348 g/mol. The number of non-ortho nitro benzene ring substituents is 1. The molecule has 0 aromatic heterocycles. The molecule has 1 atom stereocenters. The molecule has 1 spiro atoms. The van der Waals surface area contributed by atoms with Crippen LogP contribution in [0.15, 0.2) is 18.2 Å². The fraction of sp³-hybridized carbons (Fsp3) is 0.400. The molecular formula is C15H16N4O4S. The van der Waals surface area contributed by atoms with Crippen LogP contribution in [0.2, 0.25) is 0 Å². The van der Waals surface area contributed by atoms with Gasteiger partial charge in [0.1, 0.15) is 0 Å². The third-order valence-corrected chi connectivity index (χ3v) is 5.04. The van der Waals surface area contributed by atoms with Crippen molar-refractivity contribution in [3.8, 4) is 0 Å². The zero-order valence-electron chi connectivity index (χ0n) is 13.2. The summed E-state index contributed by atoms with van der Waals surface area (Å²) in [4.78, 5) is 37.8. The smallest absolute Gasteiger partial charge is 0.269 e.